The average Bonchev–Trinajstić information content (AvgIpc) is 2.57. The smallest absolute Gasteiger partial charge is 0.217 e. The van der Waals surface area contributed by atoms with Gasteiger partial charge in [0.25, 0.3) is 0 Å². The van der Waals surface area contributed by atoms with Gasteiger partial charge in [0.15, 0.2) is 0 Å². The van der Waals surface area contributed by atoms with Crippen molar-refractivity contribution in [2.75, 3.05) is 18.0 Å². The molecule has 0 aromatic carbocycles. The van der Waals surface area contributed by atoms with Crippen LogP contribution in [0.15, 0.2) is 36.8 Å². The molecule has 1 fully saturated rings. The molecule has 7 nitrogen and oxygen atoms in total. The van der Waals surface area contributed by atoms with E-state index in [0.717, 1.165) is 24.6 Å². The Balaban J connectivity index is 1.74. The van der Waals surface area contributed by atoms with Crippen molar-refractivity contribution in [2.24, 2.45) is 11.7 Å². The first-order valence-electron chi connectivity index (χ1n) is 8.01. The van der Waals surface area contributed by atoms with Crippen molar-refractivity contribution in [1.29, 1.82) is 0 Å². The number of hydrogen-bond donors (Lipinski definition) is 1. The molecular weight excluding hydrogens is 306 g/mol. The molecule has 2 N–H and O–H groups in total. The summed E-state index contributed by atoms with van der Waals surface area (Å²) in [7, 11) is 0. The van der Waals surface area contributed by atoms with Gasteiger partial charge in [-0.25, -0.2) is 9.97 Å². The Hall–Kier alpha value is -2.70. The molecule has 0 spiro atoms. The lowest BCUT2D eigenvalue weighted by molar-refractivity contribution is -0.119. The van der Waals surface area contributed by atoms with E-state index < -0.39 is 0 Å². The number of amides is 1. The maximum atomic E-state index is 11.5. The zero-order chi connectivity index (χ0) is 16.9. The fourth-order valence-electron chi connectivity index (χ4n) is 3.04. The van der Waals surface area contributed by atoms with Crippen LogP contribution in [0.5, 0.6) is 5.75 Å². The summed E-state index contributed by atoms with van der Waals surface area (Å²) < 4.78 is 6.05. The summed E-state index contributed by atoms with van der Waals surface area (Å²) in [5.74, 6) is 2.00. The maximum absolute atomic E-state index is 11.5. The molecule has 0 bridgehead atoms. The van der Waals surface area contributed by atoms with Crippen LogP contribution in [0.1, 0.15) is 18.7 Å². The number of rotatable bonds is 5. The van der Waals surface area contributed by atoms with E-state index in [1.54, 1.807) is 18.6 Å². The van der Waals surface area contributed by atoms with Gasteiger partial charge in [-0.3, -0.25) is 9.78 Å². The van der Waals surface area contributed by atoms with Crippen LogP contribution < -0.4 is 15.4 Å². The second kappa shape index (κ2) is 7.25. The molecule has 0 unspecified atom stereocenters. The Morgan fingerprint density at radius 1 is 1.42 bits per heavy atom. The molecule has 0 aliphatic carbocycles. The minimum absolute atomic E-state index is 0.00623. The average molecular weight is 327 g/mol. The van der Waals surface area contributed by atoms with Gasteiger partial charge in [-0.05, 0) is 25.1 Å². The van der Waals surface area contributed by atoms with Crippen molar-refractivity contribution in [3.8, 4) is 5.75 Å². The monoisotopic (exact) mass is 327 g/mol. The van der Waals surface area contributed by atoms with Gasteiger partial charge in [0, 0.05) is 44.2 Å². The second-order valence-electron chi connectivity index (χ2n) is 5.97. The van der Waals surface area contributed by atoms with E-state index in [0.29, 0.717) is 12.3 Å². The van der Waals surface area contributed by atoms with E-state index in [4.69, 9.17) is 10.5 Å². The van der Waals surface area contributed by atoms with Crippen LogP contribution in [-0.4, -0.2) is 40.1 Å². The van der Waals surface area contributed by atoms with Gasteiger partial charge < -0.3 is 15.4 Å². The van der Waals surface area contributed by atoms with Gasteiger partial charge >= 0.3 is 0 Å². The predicted molar refractivity (Wildman–Crippen MR) is 89.6 cm³/mol. The van der Waals surface area contributed by atoms with Gasteiger partial charge in [-0.15, -0.1) is 0 Å². The fraction of sp³-hybridized carbons (Fsp3) is 0.412. The topological polar surface area (TPSA) is 94.2 Å². The quantitative estimate of drug-likeness (QED) is 0.890. The highest BCUT2D eigenvalue weighted by molar-refractivity contribution is 5.74. The van der Waals surface area contributed by atoms with Gasteiger partial charge in [0.1, 0.15) is 23.5 Å². The number of piperidine rings is 1. The number of primary amides is 1. The molecule has 2 atom stereocenters. The van der Waals surface area contributed by atoms with E-state index in [9.17, 15) is 4.79 Å². The summed E-state index contributed by atoms with van der Waals surface area (Å²) in [5.41, 5.74) is 5.44. The minimum Gasteiger partial charge on any atom is -0.488 e. The molecule has 3 heterocycles. The third-order valence-electron chi connectivity index (χ3n) is 4.13. The first-order valence-corrected chi connectivity index (χ1v) is 8.01. The third-order valence-corrected chi connectivity index (χ3v) is 4.13. The number of pyridine rings is 1. The molecule has 3 rings (SSSR count). The highest BCUT2D eigenvalue weighted by atomic mass is 16.5. The van der Waals surface area contributed by atoms with E-state index >= 15 is 0 Å². The standard InChI is InChI=1S/C17H21N5O2/c1-12-20-7-4-17(21-12)22-8-5-15(13(11-22)9-16(18)23)24-14-3-2-6-19-10-14/h2-4,6-7,10,13,15H,5,8-9,11H2,1H3,(H2,18,23)/t13-,15-/m1/s1. The SMILES string of the molecule is Cc1nccc(N2CC[C@@H](Oc3cccnc3)[C@H](CC(N)=O)C2)n1. The van der Waals surface area contributed by atoms with Crippen molar-refractivity contribution in [1.82, 2.24) is 15.0 Å². The highest BCUT2D eigenvalue weighted by Gasteiger charge is 2.32. The van der Waals surface area contributed by atoms with E-state index in [1.807, 2.05) is 25.1 Å². The molecule has 1 saturated heterocycles. The fourth-order valence-corrected chi connectivity index (χ4v) is 3.04. The van der Waals surface area contributed by atoms with E-state index in [2.05, 4.69) is 19.9 Å². The Kier molecular flexibility index (Phi) is 4.88. The lowest BCUT2D eigenvalue weighted by Crippen LogP contribution is -2.47. The van der Waals surface area contributed by atoms with Gasteiger partial charge in [-0.1, -0.05) is 0 Å². The number of ether oxygens (including phenoxy) is 1. The summed E-state index contributed by atoms with van der Waals surface area (Å²) in [6, 6.07) is 5.59. The number of nitrogens with two attached hydrogens (primary N) is 1. The molecular formula is C17H21N5O2. The summed E-state index contributed by atoms with van der Waals surface area (Å²) >= 11 is 0. The van der Waals surface area contributed by atoms with Gasteiger partial charge in [0.05, 0.1) is 6.20 Å². The zero-order valence-corrected chi connectivity index (χ0v) is 13.6. The van der Waals surface area contributed by atoms with Crippen LogP contribution >= 0.6 is 0 Å². The molecule has 1 amide bonds. The Morgan fingerprint density at radius 2 is 2.29 bits per heavy atom. The van der Waals surface area contributed by atoms with Crippen molar-refractivity contribution in [2.45, 2.75) is 25.9 Å². The first kappa shape index (κ1) is 16.2. The Labute approximate surface area is 140 Å². The molecule has 0 radical (unpaired) electrons. The predicted octanol–water partition coefficient (Wildman–Crippen LogP) is 1.33. The molecule has 1 aliphatic rings. The van der Waals surface area contributed by atoms with Crippen molar-refractivity contribution in [3.05, 3.63) is 42.6 Å². The molecule has 2 aromatic rings. The van der Waals surface area contributed by atoms with Crippen LogP contribution in [0.25, 0.3) is 0 Å². The van der Waals surface area contributed by atoms with Crippen LogP contribution in [0.4, 0.5) is 5.82 Å². The minimum atomic E-state index is -0.319. The van der Waals surface area contributed by atoms with E-state index in [1.165, 1.54) is 0 Å². The summed E-state index contributed by atoms with van der Waals surface area (Å²) in [4.78, 5) is 26.3. The maximum Gasteiger partial charge on any atom is 0.217 e. The van der Waals surface area contributed by atoms with Crippen LogP contribution in [0, 0.1) is 12.8 Å². The number of hydrogen-bond acceptors (Lipinski definition) is 6. The number of carbonyl (C=O) groups is 1. The van der Waals surface area contributed by atoms with Crippen molar-refractivity contribution >= 4 is 11.7 Å². The third kappa shape index (κ3) is 3.98. The first-order chi connectivity index (χ1) is 11.6. The number of carbonyl (C=O) groups excluding carboxylic acids is 1. The summed E-state index contributed by atoms with van der Waals surface area (Å²) in [6.45, 7) is 3.34. The highest BCUT2D eigenvalue weighted by Crippen LogP contribution is 2.27. The largest absolute Gasteiger partial charge is 0.488 e. The second-order valence-corrected chi connectivity index (χ2v) is 5.97. The van der Waals surface area contributed by atoms with Gasteiger partial charge in [-0.2, -0.15) is 0 Å². The number of aryl methyl sites for hydroxylation is 1. The molecule has 0 saturated carbocycles. The molecule has 1 aliphatic heterocycles. The number of anilines is 1. The number of aromatic nitrogens is 3. The molecule has 126 valence electrons. The lowest BCUT2D eigenvalue weighted by atomic mass is 9.91. The van der Waals surface area contributed by atoms with Crippen LogP contribution in [0.3, 0.4) is 0 Å². The van der Waals surface area contributed by atoms with Crippen molar-refractivity contribution < 1.29 is 9.53 Å². The normalized spacial score (nSPS) is 20.6. The lowest BCUT2D eigenvalue weighted by Gasteiger charge is -2.38. The Bertz CT molecular complexity index is 694. The zero-order valence-electron chi connectivity index (χ0n) is 13.6. The van der Waals surface area contributed by atoms with Crippen LogP contribution in [0.2, 0.25) is 0 Å². The molecule has 2 aromatic heterocycles. The number of nitrogens with zero attached hydrogens (tertiary/aromatic N) is 4. The summed E-state index contributed by atoms with van der Waals surface area (Å²) in [5, 5.41) is 0. The summed E-state index contributed by atoms with van der Waals surface area (Å²) in [6.07, 6.45) is 6.14. The van der Waals surface area contributed by atoms with Crippen LogP contribution in [-0.2, 0) is 4.79 Å². The molecule has 24 heavy (non-hydrogen) atoms. The van der Waals surface area contributed by atoms with E-state index in [-0.39, 0.29) is 24.3 Å². The molecule has 7 heteroatoms. The van der Waals surface area contributed by atoms with Crippen molar-refractivity contribution in [3.63, 3.8) is 0 Å². The van der Waals surface area contributed by atoms with Gasteiger partial charge in [0.2, 0.25) is 5.91 Å². The Morgan fingerprint density at radius 3 is 3.00 bits per heavy atom.